The molecule has 1 heterocycles. The fourth-order valence-electron chi connectivity index (χ4n) is 2.45. The van der Waals surface area contributed by atoms with Gasteiger partial charge in [0.1, 0.15) is 5.75 Å². The third-order valence-corrected chi connectivity index (χ3v) is 4.96. The van der Waals surface area contributed by atoms with Gasteiger partial charge in [0, 0.05) is 14.1 Å². The summed E-state index contributed by atoms with van der Waals surface area (Å²) >= 11 is 0. The van der Waals surface area contributed by atoms with Crippen LogP contribution in [-0.2, 0) is 20.2 Å². The number of benzene rings is 1. The number of carbonyl (C=O) groups excluding carboxylic acids is 1. The second kappa shape index (κ2) is 5.70. The topological polar surface area (TPSA) is 66.9 Å². The van der Waals surface area contributed by atoms with E-state index in [4.69, 9.17) is 4.74 Å². The summed E-state index contributed by atoms with van der Waals surface area (Å²) in [6.45, 7) is 6.15. The fraction of sp³-hybridized carbons (Fsp3) is 0.562. The summed E-state index contributed by atoms with van der Waals surface area (Å²) in [5.74, 6) is 0.152. The smallest absolute Gasteiger partial charge is 0.265 e. The lowest BCUT2D eigenvalue weighted by molar-refractivity contribution is -0.135. The molecule has 1 aliphatic rings. The molecule has 1 unspecified atom stereocenters. The Hall–Kier alpha value is -1.76. The average molecular weight is 340 g/mol. The van der Waals surface area contributed by atoms with Crippen LogP contribution in [0.5, 0.6) is 5.75 Å². The number of likely N-dealkylation sites (N-methyl/N-ethyl adjacent to an activating group) is 1. The lowest BCUT2D eigenvalue weighted by atomic mass is 9.86. The van der Waals surface area contributed by atoms with E-state index in [0.29, 0.717) is 11.4 Å². The first-order valence-corrected chi connectivity index (χ1v) is 9.26. The molecule has 6 nitrogen and oxygen atoms in total. The SMILES string of the molecule is CN(C)C(=O)C1CN(S(C)(=O)=O)c2cc(C(C)(C)C)ccc2O1. The molecule has 0 aromatic heterocycles. The molecule has 0 saturated heterocycles. The number of hydrogen-bond acceptors (Lipinski definition) is 4. The molecule has 128 valence electrons. The Bertz CT molecular complexity index is 720. The first kappa shape index (κ1) is 17.6. The van der Waals surface area contributed by atoms with Crippen LogP contribution in [0.15, 0.2) is 18.2 Å². The van der Waals surface area contributed by atoms with Crippen LogP contribution in [0.25, 0.3) is 0 Å². The molecule has 1 aromatic rings. The maximum Gasteiger partial charge on any atom is 0.265 e. The minimum Gasteiger partial charge on any atom is -0.476 e. The summed E-state index contributed by atoms with van der Waals surface area (Å²) in [5, 5.41) is 0. The molecule has 0 saturated carbocycles. The third-order valence-electron chi connectivity index (χ3n) is 3.81. The molecule has 1 aliphatic heterocycles. The second-order valence-corrected chi connectivity index (χ2v) is 8.97. The van der Waals surface area contributed by atoms with Crippen LogP contribution in [0.1, 0.15) is 26.3 Å². The molecule has 0 bridgehead atoms. The van der Waals surface area contributed by atoms with E-state index in [1.807, 2.05) is 12.1 Å². The summed E-state index contributed by atoms with van der Waals surface area (Å²) in [4.78, 5) is 13.6. The maximum absolute atomic E-state index is 12.2. The Balaban J connectivity index is 2.53. The first-order chi connectivity index (χ1) is 10.4. The summed E-state index contributed by atoms with van der Waals surface area (Å²) in [7, 11) is -0.272. The van der Waals surface area contributed by atoms with Gasteiger partial charge in [0.05, 0.1) is 18.5 Å². The average Bonchev–Trinajstić information content (AvgIpc) is 2.42. The predicted octanol–water partition coefficient (Wildman–Crippen LogP) is 1.60. The van der Waals surface area contributed by atoms with Gasteiger partial charge in [-0.3, -0.25) is 9.10 Å². The van der Waals surface area contributed by atoms with Crippen LogP contribution in [0.2, 0.25) is 0 Å². The van der Waals surface area contributed by atoms with Crippen molar-refractivity contribution in [3.63, 3.8) is 0 Å². The standard InChI is InChI=1S/C16H24N2O4S/c1-16(2,3)11-7-8-13-12(9-11)18(23(6,20)21)10-14(22-13)15(19)17(4)5/h7-9,14H,10H2,1-6H3. The van der Waals surface area contributed by atoms with Crippen molar-refractivity contribution < 1.29 is 17.9 Å². The van der Waals surface area contributed by atoms with Crippen molar-refractivity contribution in [2.45, 2.75) is 32.3 Å². The largest absolute Gasteiger partial charge is 0.476 e. The Morgan fingerprint density at radius 2 is 1.91 bits per heavy atom. The van der Waals surface area contributed by atoms with Crippen LogP contribution >= 0.6 is 0 Å². The summed E-state index contributed by atoms with van der Waals surface area (Å²) < 4.78 is 31.4. The monoisotopic (exact) mass is 340 g/mol. The van der Waals surface area contributed by atoms with Gasteiger partial charge < -0.3 is 9.64 Å². The van der Waals surface area contributed by atoms with Gasteiger partial charge in [-0.1, -0.05) is 26.8 Å². The molecule has 7 heteroatoms. The van der Waals surface area contributed by atoms with Crippen molar-refractivity contribution in [3.8, 4) is 5.75 Å². The molecule has 0 aliphatic carbocycles. The molecule has 1 atom stereocenters. The fourth-order valence-corrected chi connectivity index (χ4v) is 3.35. The molecule has 0 N–H and O–H groups in total. The van der Waals surface area contributed by atoms with Crippen LogP contribution in [0.3, 0.4) is 0 Å². The highest BCUT2D eigenvalue weighted by Crippen LogP contribution is 2.38. The molecule has 0 radical (unpaired) electrons. The number of fused-ring (bicyclic) bond motifs is 1. The maximum atomic E-state index is 12.2. The van der Waals surface area contributed by atoms with Crippen molar-refractivity contribution in [3.05, 3.63) is 23.8 Å². The third kappa shape index (κ3) is 3.60. The van der Waals surface area contributed by atoms with Gasteiger partial charge >= 0.3 is 0 Å². The van der Waals surface area contributed by atoms with Gasteiger partial charge in [-0.15, -0.1) is 0 Å². The van der Waals surface area contributed by atoms with E-state index >= 15 is 0 Å². The van der Waals surface area contributed by atoms with Crippen molar-refractivity contribution in [1.29, 1.82) is 0 Å². The molecular weight excluding hydrogens is 316 g/mol. The van der Waals surface area contributed by atoms with Crippen molar-refractivity contribution in [1.82, 2.24) is 4.90 Å². The van der Waals surface area contributed by atoms with E-state index in [9.17, 15) is 13.2 Å². The van der Waals surface area contributed by atoms with Gasteiger partial charge in [-0.05, 0) is 23.1 Å². The number of amides is 1. The Kier molecular flexibility index (Phi) is 4.36. The minimum absolute atomic E-state index is 0.0174. The Morgan fingerprint density at radius 3 is 2.39 bits per heavy atom. The number of rotatable bonds is 2. The molecule has 23 heavy (non-hydrogen) atoms. The normalized spacial score (nSPS) is 18.2. The van der Waals surface area contributed by atoms with Gasteiger partial charge in [-0.2, -0.15) is 0 Å². The number of hydrogen-bond donors (Lipinski definition) is 0. The van der Waals surface area contributed by atoms with Crippen LogP contribution in [0, 0.1) is 0 Å². The second-order valence-electron chi connectivity index (χ2n) is 7.07. The number of carbonyl (C=O) groups is 1. The first-order valence-electron chi connectivity index (χ1n) is 7.41. The number of nitrogens with zero attached hydrogens (tertiary/aromatic N) is 2. The van der Waals surface area contributed by atoms with Crippen molar-refractivity contribution in [2.75, 3.05) is 31.2 Å². The highest BCUT2D eigenvalue weighted by molar-refractivity contribution is 7.92. The van der Waals surface area contributed by atoms with Crippen molar-refractivity contribution >= 4 is 21.6 Å². The van der Waals surface area contributed by atoms with E-state index in [0.717, 1.165) is 11.8 Å². The molecule has 1 aromatic carbocycles. The minimum atomic E-state index is -3.51. The lowest BCUT2D eigenvalue weighted by Crippen LogP contribution is -2.50. The van der Waals surface area contributed by atoms with Crippen LogP contribution < -0.4 is 9.04 Å². The van der Waals surface area contributed by atoms with E-state index < -0.39 is 16.1 Å². The van der Waals surface area contributed by atoms with Gasteiger partial charge in [0.2, 0.25) is 10.0 Å². The van der Waals surface area contributed by atoms with Crippen molar-refractivity contribution in [2.24, 2.45) is 0 Å². The zero-order valence-electron chi connectivity index (χ0n) is 14.5. The summed E-state index contributed by atoms with van der Waals surface area (Å²) in [5.41, 5.74) is 1.38. The van der Waals surface area contributed by atoms with Gasteiger partial charge in [0.15, 0.2) is 6.10 Å². The molecule has 0 spiro atoms. The summed E-state index contributed by atoms with van der Waals surface area (Å²) in [6, 6.07) is 5.47. The highest BCUT2D eigenvalue weighted by Gasteiger charge is 2.36. The quantitative estimate of drug-likeness (QED) is 0.820. The molecule has 0 fully saturated rings. The van der Waals surface area contributed by atoms with E-state index in [1.54, 1.807) is 20.2 Å². The Labute approximate surface area is 138 Å². The summed E-state index contributed by atoms with van der Waals surface area (Å²) in [6.07, 6.45) is 0.302. The Morgan fingerprint density at radius 1 is 1.30 bits per heavy atom. The number of ether oxygens (including phenoxy) is 1. The zero-order valence-corrected chi connectivity index (χ0v) is 15.3. The highest BCUT2D eigenvalue weighted by atomic mass is 32.2. The van der Waals surface area contributed by atoms with E-state index in [2.05, 4.69) is 20.8 Å². The number of anilines is 1. The molecule has 1 amide bonds. The lowest BCUT2D eigenvalue weighted by Gasteiger charge is -2.36. The van der Waals surface area contributed by atoms with E-state index in [1.165, 1.54) is 9.21 Å². The molecular formula is C16H24N2O4S. The number of sulfonamides is 1. The zero-order chi connectivity index (χ0) is 17.6. The van der Waals surface area contributed by atoms with Gasteiger partial charge in [0.25, 0.3) is 5.91 Å². The van der Waals surface area contributed by atoms with E-state index in [-0.39, 0.29) is 17.9 Å². The molecule has 2 rings (SSSR count). The van der Waals surface area contributed by atoms with Crippen LogP contribution in [0.4, 0.5) is 5.69 Å². The van der Waals surface area contributed by atoms with Gasteiger partial charge in [-0.25, -0.2) is 8.42 Å². The predicted molar refractivity (Wildman–Crippen MR) is 90.4 cm³/mol. The van der Waals surface area contributed by atoms with Crippen LogP contribution in [-0.4, -0.2) is 52.2 Å².